The molecule has 9 nitrogen and oxygen atoms in total. The van der Waals surface area contributed by atoms with Gasteiger partial charge < -0.3 is 25.4 Å². The van der Waals surface area contributed by atoms with Crippen LogP contribution in [0.15, 0.2) is 66.9 Å². The van der Waals surface area contributed by atoms with Gasteiger partial charge in [0.15, 0.2) is 0 Å². The number of thiocarbonyl (C=S) groups is 1. The first-order valence-corrected chi connectivity index (χ1v) is 15.9. The van der Waals surface area contributed by atoms with Crippen molar-refractivity contribution < 1.29 is 24.6 Å². The Balaban J connectivity index is 0.000000583. The number of hydrogen-bond donors (Lipinski definition) is 4. The average molecular weight is 623 g/mol. The lowest BCUT2D eigenvalue weighted by atomic mass is 9.89. The smallest absolute Gasteiger partial charge is 0.328 e. The molecule has 1 fully saturated rings. The van der Waals surface area contributed by atoms with E-state index in [1.165, 1.54) is 74.6 Å². The number of unbranched alkanes of at least 4 members (excludes halogenated alkanes) is 3. The number of aromatic amines is 1. The maximum atomic E-state index is 9.55. The first kappa shape index (κ1) is 34.8. The number of likely N-dealkylation sites (tertiary alicyclic amines) is 1. The highest BCUT2D eigenvalue weighted by atomic mass is 32.1. The SMILES string of the molecule is CCCCCCN1CCC(c2c[nH]c3ccc(NC(=S)N(OC(C)CC)c4ccccc4)cc23)CC1.O=C(O)/C=C/C(=O)O. The minimum atomic E-state index is -1.26. The zero-order valence-electron chi connectivity index (χ0n) is 26.0. The molecule has 0 saturated carbocycles. The van der Waals surface area contributed by atoms with Gasteiger partial charge in [0.05, 0.1) is 11.8 Å². The third-order valence-corrected chi connectivity index (χ3v) is 7.99. The van der Waals surface area contributed by atoms with Gasteiger partial charge in [0, 0.05) is 34.9 Å². The highest BCUT2D eigenvalue weighted by Crippen LogP contribution is 2.34. The highest BCUT2D eigenvalue weighted by Gasteiger charge is 2.23. The maximum absolute atomic E-state index is 9.55. The van der Waals surface area contributed by atoms with E-state index in [1.807, 2.05) is 30.3 Å². The number of benzene rings is 2. The molecule has 1 aliphatic rings. The van der Waals surface area contributed by atoms with Gasteiger partial charge in [-0.1, -0.05) is 51.3 Å². The van der Waals surface area contributed by atoms with E-state index in [2.05, 4.69) is 60.4 Å². The Morgan fingerprint density at radius 3 is 2.36 bits per heavy atom. The molecule has 1 unspecified atom stereocenters. The predicted molar refractivity (Wildman–Crippen MR) is 181 cm³/mol. The highest BCUT2D eigenvalue weighted by molar-refractivity contribution is 7.80. The van der Waals surface area contributed by atoms with Crippen LogP contribution in [0.1, 0.15) is 77.2 Å². The van der Waals surface area contributed by atoms with E-state index in [-0.39, 0.29) is 6.10 Å². The van der Waals surface area contributed by atoms with Gasteiger partial charge in [0.1, 0.15) is 0 Å². The molecule has 4 N–H and O–H groups in total. The number of piperidine rings is 1. The lowest BCUT2D eigenvalue weighted by molar-refractivity contribution is -0.134. The molecule has 1 atom stereocenters. The third kappa shape index (κ3) is 11.1. The van der Waals surface area contributed by atoms with E-state index in [0.29, 0.717) is 23.2 Å². The number of hydrogen-bond acceptors (Lipinski definition) is 5. The van der Waals surface area contributed by atoms with E-state index < -0.39 is 11.9 Å². The van der Waals surface area contributed by atoms with Gasteiger partial charge in [0.2, 0.25) is 5.11 Å². The van der Waals surface area contributed by atoms with Crippen LogP contribution in [0, 0.1) is 0 Å². The number of fused-ring (bicyclic) bond motifs is 1. The van der Waals surface area contributed by atoms with Crippen molar-refractivity contribution in [2.24, 2.45) is 0 Å². The lowest BCUT2D eigenvalue weighted by Gasteiger charge is -2.32. The molecule has 3 aromatic rings. The molecule has 0 spiro atoms. The number of carboxylic acids is 2. The standard InChI is InChI=1S/C30H42N4OS.C4H4O4/c1-4-6-7-11-18-33-19-16-24(17-20-33)28-22-31-29-15-14-25(21-27(28)29)32-30(36)34(35-23(3)5-2)26-12-9-8-10-13-26;5-3(6)1-2-4(7)8/h8-10,12-15,21-24,31H,4-7,11,16-20H2,1-3H3,(H,32,36);1-2H,(H,5,6)(H,7,8)/b;2-1+. The number of hydroxylamine groups is 1. The summed E-state index contributed by atoms with van der Waals surface area (Å²) in [7, 11) is 0. The minimum absolute atomic E-state index is 0.0567. The summed E-state index contributed by atoms with van der Waals surface area (Å²) in [5.74, 6) is -1.91. The molecule has 2 heterocycles. The van der Waals surface area contributed by atoms with Crippen LogP contribution in [0.25, 0.3) is 10.9 Å². The van der Waals surface area contributed by atoms with Crippen LogP contribution in [0.2, 0.25) is 0 Å². The molecule has 0 radical (unpaired) electrons. The number of anilines is 2. The summed E-state index contributed by atoms with van der Waals surface area (Å²) in [6.45, 7) is 10.1. The van der Waals surface area contributed by atoms with Gasteiger partial charge >= 0.3 is 11.9 Å². The van der Waals surface area contributed by atoms with Gasteiger partial charge in [-0.15, -0.1) is 0 Å². The van der Waals surface area contributed by atoms with Crippen molar-refractivity contribution >= 4 is 51.5 Å². The Kier molecular flexibility index (Phi) is 14.3. The quantitative estimate of drug-likeness (QED) is 0.0662. The van der Waals surface area contributed by atoms with Crippen molar-refractivity contribution in [1.29, 1.82) is 0 Å². The Bertz CT molecular complexity index is 1350. The van der Waals surface area contributed by atoms with Crippen LogP contribution in [-0.4, -0.2) is 62.9 Å². The number of carbonyl (C=O) groups is 2. The zero-order chi connectivity index (χ0) is 31.9. The molecule has 44 heavy (non-hydrogen) atoms. The first-order valence-electron chi connectivity index (χ1n) is 15.5. The van der Waals surface area contributed by atoms with Crippen molar-refractivity contribution in [2.75, 3.05) is 30.0 Å². The number of para-hydroxylation sites is 1. The van der Waals surface area contributed by atoms with Gasteiger partial charge in [0.25, 0.3) is 0 Å². The molecule has 1 saturated heterocycles. The fourth-order valence-electron chi connectivity index (χ4n) is 5.15. The topological polar surface area (TPSA) is 118 Å². The number of rotatable bonds is 13. The molecule has 0 bridgehead atoms. The van der Waals surface area contributed by atoms with E-state index >= 15 is 0 Å². The molecular formula is C34H46N4O5S. The molecule has 0 aliphatic carbocycles. The summed E-state index contributed by atoms with van der Waals surface area (Å²) in [4.78, 5) is 31.4. The van der Waals surface area contributed by atoms with Crippen molar-refractivity contribution in [3.63, 3.8) is 0 Å². The Hall–Kier alpha value is -3.73. The summed E-state index contributed by atoms with van der Waals surface area (Å²) in [6.07, 6.45) is 12.1. The van der Waals surface area contributed by atoms with Gasteiger partial charge in [-0.2, -0.15) is 5.06 Å². The molecule has 1 aromatic heterocycles. The number of aromatic nitrogens is 1. The summed E-state index contributed by atoms with van der Waals surface area (Å²) in [6, 6.07) is 16.5. The zero-order valence-corrected chi connectivity index (χ0v) is 26.8. The summed E-state index contributed by atoms with van der Waals surface area (Å²) >= 11 is 5.81. The van der Waals surface area contributed by atoms with Crippen LogP contribution < -0.4 is 10.4 Å². The van der Waals surface area contributed by atoms with Crippen molar-refractivity contribution in [3.05, 3.63) is 72.4 Å². The number of nitrogens with one attached hydrogen (secondary N) is 2. The number of aliphatic carboxylic acids is 2. The third-order valence-electron chi connectivity index (χ3n) is 7.72. The first-order chi connectivity index (χ1) is 21.2. The monoisotopic (exact) mass is 622 g/mol. The van der Waals surface area contributed by atoms with Crippen molar-refractivity contribution in [3.8, 4) is 0 Å². The Morgan fingerprint density at radius 1 is 1.07 bits per heavy atom. The van der Waals surface area contributed by atoms with E-state index in [1.54, 1.807) is 5.06 Å². The maximum Gasteiger partial charge on any atom is 0.328 e. The molecular weight excluding hydrogens is 576 g/mol. The van der Waals surface area contributed by atoms with E-state index in [4.69, 9.17) is 27.3 Å². The van der Waals surface area contributed by atoms with Gasteiger partial charge in [-0.3, -0.25) is 4.84 Å². The Morgan fingerprint density at radius 2 is 1.75 bits per heavy atom. The largest absolute Gasteiger partial charge is 0.478 e. The lowest BCUT2D eigenvalue weighted by Crippen LogP contribution is -2.37. The fourth-order valence-corrected chi connectivity index (χ4v) is 5.41. The molecule has 4 rings (SSSR count). The normalized spacial score (nSPS) is 14.6. The minimum Gasteiger partial charge on any atom is -0.478 e. The molecule has 238 valence electrons. The molecule has 10 heteroatoms. The predicted octanol–water partition coefficient (Wildman–Crippen LogP) is 7.57. The van der Waals surface area contributed by atoms with Crippen molar-refractivity contribution in [1.82, 2.24) is 9.88 Å². The summed E-state index contributed by atoms with van der Waals surface area (Å²) in [5.41, 5.74) is 4.51. The van der Waals surface area contributed by atoms with Gasteiger partial charge in [-0.25, -0.2) is 9.59 Å². The number of nitrogens with zero attached hydrogens (tertiary/aromatic N) is 2. The van der Waals surface area contributed by atoms with Crippen molar-refractivity contribution in [2.45, 2.75) is 77.7 Å². The van der Waals surface area contributed by atoms with Crippen LogP contribution in [0.4, 0.5) is 11.4 Å². The molecule has 1 aliphatic heterocycles. The Labute approximate surface area is 265 Å². The molecule has 0 amide bonds. The number of carboxylic acid groups (broad SMARTS) is 2. The summed E-state index contributed by atoms with van der Waals surface area (Å²) < 4.78 is 0. The fraction of sp³-hybridized carbons (Fsp3) is 0.441. The van der Waals surface area contributed by atoms with Crippen LogP contribution in [0.5, 0.6) is 0 Å². The number of H-pyrrole nitrogens is 1. The summed E-state index contributed by atoms with van der Waals surface area (Å²) in [5, 5.41) is 22.6. The van der Waals surface area contributed by atoms with Crippen LogP contribution in [-0.2, 0) is 14.4 Å². The van der Waals surface area contributed by atoms with Crippen LogP contribution >= 0.6 is 12.2 Å². The second kappa shape index (κ2) is 18.2. The van der Waals surface area contributed by atoms with Crippen LogP contribution in [0.3, 0.4) is 0 Å². The second-order valence-corrected chi connectivity index (χ2v) is 11.5. The second-order valence-electron chi connectivity index (χ2n) is 11.1. The average Bonchev–Trinajstić information content (AvgIpc) is 3.45. The van der Waals surface area contributed by atoms with E-state index in [0.717, 1.165) is 17.8 Å². The van der Waals surface area contributed by atoms with Gasteiger partial charge in [-0.05, 0) is 106 Å². The van der Waals surface area contributed by atoms with E-state index in [9.17, 15) is 9.59 Å². The molecule has 2 aromatic carbocycles.